The van der Waals surface area contributed by atoms with Crippen LogP contribution in [-0.4, -0.2) is 23.6 Å². The van der Waals surface area contributed by atoms with Gasteiger partial charge in [0.15, 0.2) is 5.96 Å². The van der Waals surface area contributed by atoms with Gasteiger partial charge in [0.2, 0.25) is 0 Å². The fourth-order valence-corrected chi connectivity index (χ4v) is 2.02. The zero-order valence-electron chi connectivity index (χ0n) is 13.2. The molecule has 122 valence electrons. The van der Waals surface area contributed by atoms with Gasteiger partial charge in [-0.2, -0.15) is 5.26 Å². The number of hydrogen-bond donors (Lipinski definition) is 2. The molecule has 2 aromatic rings. The molecule has 0 saturated carbocycles. The molecule has 0 amide bonds. The van der Waals surface area contributed by atoms with Crippen molar-refractivity contribution in [2.45, 2.75) is 20.0 Å². The van der Waals surface area contributed by atoms with E-state index in [1.807, 2.05) is 55.7 Å². The van der Waals surface area contributed by atoms with Crippen LogP contribution in [0.1, 0.15) is 18.1 Å². The summed E-state index contributed by atoms with van der Waals surface area (Å²) in [4.78, 5) is 4.56. The quantitative estimate of drug-likeness (QED) is 0.427. The van der Waals surface area contributed by atoms with Crippen LogP contribution in [-0.2, 0) is 13.1 Å². The Kier molecular flexibility index (Phi) is 8.83. The van der Waals surface area contributed by atoms with E-state index < -0.39 is 0 Å². The predicted octanol–water partition coefficient (Wildman–Crippen LogP) is 2.73. The largest absolute Gasteiger partial charge is 0.357 e. The first-order valence-electron chi connectivity index (χ1n) is 7.44. The molecule has 0 saturated heterocycles. The first kappa shape index (κ1) is 19.0. The van der Waals surface area contributed by atoms with Crippen LogP contribution in [0.5, 0.6) is 0 Å². The topological polar surface area (TPSA) is 65.1 Å². The second-order valence-electron chi connectivity index (χ2n) is 4.85. The molecule has 0 unspecified atom stereocenters. The molecule has 5 nitrogen and oxygen atoms in total. The summed E-state index contributed by atoms with van der Waals surface area (Å²) in [5.74, 6) is 0.805. The molecule has 0 fully saturated rings. The Hall–Kier alpha value is -2.01. The maximum absolute atomic E-state index is 8.79. The van der Waals surface area contributed by atoms with Crippen molar-refractivity contribution in [1.82, 2.24) is 15.2 Å². The third kappa shape index (κ3) is 6.74. The maximum atomic E-state index is 8.79. The van der Waals surface area contributed by atoms with Crippen molar-refractivity contribution >= 4 is 29.9 Å². The fraction of sp³-hybridized carbons (Fsp3) is 0.294. The van der Waals surface area contributed by atoms with Gasteiger partial charge in [-0.05, 0) is 36.8 Å². The molecule has 2 rings (SSSR count). The van der Waals surface area contributed by atoms with E-state index in [1.165, 1.54) is 0 Å². The van der Waals surface area contributed by atoms with Gasteiger partial charge in [-0.15, -0.1) is 24.0 Å². The van der Waals surface area contributed by atoms with Crippen molar-refractivity contribution in [2.24, 2.45) is 4.99 Å². The molecule has 23 heavy (non-hydrogen) atoms. The van der Waals surface area contributed by atoms with E-state index in [0.29, 0.717) is 12.1 Å². The van der Waals surface area contributed by atoms with Crippen LogP contribution in [0.2, 0.25) is 0 Å². The summed E-state index contributed by atoms with van der Waals surface area (Å²) >= 11 is 0. The number of aliphatic imine (C=N–C) groups is 1. The number of rotatable bonds is 6. The number of benzene rings is 1. The Morgan fingerprint density at radius 3 is 2.48 bits per heavy atom. The van der Waals surface area contributed by atoms with Crippen LogP contribution >= 0.6 is 24.0 Å². The Labute approximate surface area is 154 Å². The van der Waals surface area contributed by atoms with Crippen molar-refractivity contribution in [1.29, 1.82) is 5.26 Å². The SMILES string of the molecule is CCNC(=NCc1ccc(C#N)cc1)NCCn1cccc1.I. The first-order valence-corrected chi connectivity index (χ1v) is 7.44. The molecule has 0 aliphatic carbocycles. The fourth-order valence-electron chi connectivity index (χ4n) is 2.02. The molecule has 1 aromatic heterocycles. The van der Waals surface area contributed by atoms with E-state index in [1.54, 1.807) is 0 Å². The lowest BCUT2D eigenvalue weighted by atomic mass is 10.1. The number of hydrogen-bond acceptors (Lipinski definition) is 2. The van der Waals surface area contributed by atoms with E-state index in [2.05, 4.69) is 26.3 Å². The van der Waals surface area contributed by atoms with Crippen molar-refractivity contribution in [3.63, 3.8) is 0 Å². The Balaban J connectivity index is 0.00000264. The third-order valence-corrected chi connectivity index (χ3v) is 3.18. The van der Waals surface area contributed by atoms with Gasteiger partial charge in [0.25, 0.3) is 0 Å². The lowest BCUT2D eigenvalue weighted by Gasteiger charge is -2.11. The van der Waals surface area contributed by atoms with Crippen LogP contribution in [0.4, 0.5) is 0 Å². The molecular weight excluding hydrogens is 401 g/mol. The molecule has 0 radical (unpaired) electrons. The second kappa shape index (κ2) is 10.7. The normalized spacial score (nSPS) is 10.5. The standard InChI is InChI=1S/C17H21N5.HI/c1-2-19-17(20-9-12-22-10-3-4-11-22)21-14-16-7-5-15(13-18)6-8-16;/h3-8,10-11H,2,9,12,14H2,1H3,(H2,19,20,21);1H. The van der Waals surface area contributed by atoms with E-state index in [4.69, 9.17) is 5.26 Å². The zero-order chi connectivity index (χ0) is 15.6. The highest BCUT2D eigenvalue weighted by atomic mass is 127. The number of nitriles is 1. The molecule has 1 heterocycles. The van der Waals surface area contributed by atoms with Gasteiger partial charge in [0.05, 0.1) is 18.2 Å². The molecule has 0 spiro atoms. The van der Waals surface area contributed by atoms with Crippen molar-refractivity contribution < 1.29 is 0 Å². The second-order valence-corrected chi connectivity index (χ2v) is 4.85. The van der Waals surface area contributed by atoms with Gasteiger partial charge >= 0.3 is 0 Å². The van der Waals surface area contributed by atoms with Gasteiger partial charge in [0, 0.05) is 32.0 Å². The average Bonchev–Trinajstić information content (AvgIpc) is 3.06. The Morgan fingerprint density at radius 1 is 1.17 bits per heavy atom. The highest BCUT2D eigenvalue weighted by molar-refractivity contribution is 14.0. The van der Waals surface area contributed by atoms with Crippen LogP contribution in [0, 0.1) is 11.3 Å². The summed E-state index contributed by atoms with van der Waals surface area (Å²) in [6.07, 6.45) is 4.09. The number of nitrogens with one attached hydrogen (secondary N) is 2. The molecule has 1 aromatic carbocycles. The van der Waals surface area contributed by atoms with E-state index in [9.17, 15) is 0 Å². The van der Waals surface area contributed by atoms with Crippen molar-refractivity contribution in [3.05, 3.63) is 59.9 Å². The Morgan fingerprint density at radius 2 is 1.87 bits per heavy atom. The Bertz CT molecular complexity index is 626. The van der Waals surface area contributed by atoms with E-state index in [0.717, 1.165) is 31.2 Å². The van der Waals surface area contributed by atoms with Gasteiger partial charge in [-0.3, -0.25) is 0 Å². The molecule has 0 aliphatic rings. The number of guanidine groups is 1. The highest BCUT2D eigenvalue weighted by Gasteiger charge is 1.98. The average molecular weight is 423 g/mol. The number of nitrogens with zero attached hydrogens (tertiary/aromatic N) is 3. The number of halogens is 1. The summed E-state index contributed by atoms with van der Waals surface area (Å²) in [5, 5.41) is 15.3. The molecule has 0 atom stereocenters. The summed E-state index contributed by atoms with van der Waals surface area (Å²) in [5.41, 5.74) is 1.76. The molecular formula is C17H22IN5. The lowest BCUT2D eigenvalue weighted by Crippen LogP contribution is -2.38. The first-order chi connectivity index (χ1) is 10.8. The summed E-state index contributed by atoms with van der Waals surface area (Å²) in [6, 6.07) is 13.7. The minimum absolute atomic E-state index is 0. The molecule has 0 aliphatic heterocycles. The van der Waals surface area contributed by atoms with Crippen LogP contribution in [0.15, 0.2) is 53.8 Å². The van der Waals surface area contributed by atoms with Gasteiger partial charge in [-0.25, -0.2) is 4.99 Å². The monoisotopic (exact) mass is 423 g/mol. The smallest absolute Gasteiger partial charge is 0.191 e. The molecule has 0 bridgehead atoms. The van der Waals surface area contributed by atoms with Gasteiger partial charge in [0.1, 0.15) is 0 Å². The van der Waals surface area contributed by atoms with E-state index in [-0.39, 0.29) is 24.0 Å². The van der Waals surface area contributed by atoms with Crippen LogP contribution in [0.25, 0.3) is 0 Å². The van der Waals surface area contributed by atoms with Crippen molar-refractivity contribution in [2.75, 3.05) is 13.1 Å². The van der Waals surface area contributed by atoms with Gasteiger partial charge in [-0.1, -0.05) is 12.1 Å². The minimum atomic E-state index is 0. The highest BCUT2D eigenvalue weighted by Crippen LogP contribution is 2.04. The lowest BCUT2D eigenvalue weighted by molar-refractivity contribution is 0.666. The summed E-state index contributed by atoms with van der Waals surface area (Å²) in [6.45, 7) is 5.17. The van der Waals surface area contributed by atoms with E-state index >= 15 is 0 Å². The van der Waals surface area contributed by atoms with Crippen LogP contribution in [0.3, 0.4) is 0 Å². The number of aromatic nitrogens is 1. The summed E-state index contributed by atoms with van der Waals surface area (Å²) in [7, 11) is 0. The molecule has 6 heteroatoms. The zero-order valence-corrected chi connectivity index (χ0v) is 15.5. The predicted molar refractivity (Wildman–Crippen MR) is 104 cm³/mol. The van der Waals surface area contributed by atoms with Crippen molar-refractivity contribution in [3.8, 4) is 6.07 Å². The molecule has 2 N–H and O–H groups in total. The summed E-state index contributed by atoms with van der Waals surface area (Å²) < 4.78 is 2.12. The van der Waals surface area contributed by atoms with Gasteiger partial charge < -0.3 is 15.2 Å². The third-order valence-electron chi connectivity index (χ3n) is 3.18. The minimum Gasteiger partial charge on any atom is -0.357 e. The van der Waals surface area contributed by atoms with Crippen LogP contribution < -0.4 is 10.6 Å². The maximum Gasteiger partial charge on any atom is 0.191 e.